The molecule has 1 aliphatic heterocycles. The zero-order valence-electron chi connectivity index (χ0n) is 13.1. The van der Waals surface area contributed by atoms with E-state index >= 15 is 0 Å². The number of rotatable bonds is 5. The number of aromatic nitrogens is 1. The van der Waals surface area contributed by atoms with Crippen LogP contribution in [-0.4, -0.2) is 24.3 Å². The van der Waals surface area contributed by atoms with Crippen molar-refractivity contribution in [2.75, 3.05) is 14.2 Å². The normalized spacial score (nSPS) is 17.5. The molecule has 0 fully saturated rings. The molecule has 0 radical (unpaired) electrons. The highest BCUT2D eigenvalue weighted by atomic mass is 16.7. The van der Waals surface area contributed by atoms with Gasteiger partial charge in [0.2, 0.25) is 11.8 Å². The molecule has 0 amide bonds. The third-order valence-electron chi connectivity index (χ3n) is 3.66. The Morgan fingerprint density at radius 1 is 1.13 bits per heavy atom. The number of benzene rings is 1. The molecule has 23 heavy (non-hydrogen) atoms. The van der Waals surface area contributed by atoms with Gasteiger partial charge in [-0.05, 0) is 23.3 Å². The lowest BCUT2D eigenvalue weighted by Crippen LogP contribution is -2.23. The molecule has 0 bridgehead atoms. The lowest BCUT2D eigenvalue weighted by atomic mass is 10.1. The maximum absolute atomic E-state index is 5.84. The van der Waals surface area contributed by atoms with Gasteiger partial charge in [-0.3, -0.25) is 0 Å². The van der Waals surface area contributed by atoms with E-state index in [9.17, 15) is 0 Å². The predicted molar refractivity (Wildman–Crippen MR) is 85.4 cm³/mol. The van der Waals surface area contributed by atoms with Gasteiger partial charge in [0.15, 0.2) is 0 Å². The molecule has 1 unspecified atom stereocenters. The first kappa shape index (κ1) is 15.2. The van der Waals surface area contributed by atoms with E-state index < -0.39 is 0 Å². The quantitative estimate of drug-likeness (QED) is 0.914. The highest BCUT2D eigenvalue weighted by Gasteiger charge is 2.27. The average molecular weight is 313 g/mol. The Kier molecular flexibility index (Phi) is 4.34. The number of nitrogens with zero attached hydrogens (tertiary/aromatic N) is 2. The van der Waals surface area contributed by atoms with Crippen molar-refractivity contribution in [1.82, 2.24) is 10.0 Å². The van der Waals surface area contributed by atoms with Crippen molar-refractivity contribution in [2.24, 2.45) is 5.73 Å². The average Bonchev–Trinajstić information content (AvgIpc) is 2.96. The van der Waals surface area contributed by atoms with Gasteiger partial charge in [-0.2, -0.15) is 0 Å². The van der Waals surface area contributed by atoms with E-state index in [1.165, 1.54) is 0 Å². The number of nitrogens with two attached hydrogens (primary N) is 1. The van der Waals surface area contributed by atoms with E-state index in [1.54, 1.807) is 20.4 Å². The fraction of sp³-hybridized carbons (Fsp3) is 0.235. The van der Waals surface area contributed by atoms with Crippen molar-refractivity contribution in [2.45, 2.75) is 12.6 Å². The standard InChI is InChI=1S/C17H19N3O3/c1-21-14-6-3-12(4-7-14)11-20-15(9-16(18)23-20)13-5-8-17(22-2)19-10-13/h3-10,15H,11,18H2,1-2H3. The summed E-state index contributed by atoms with van der Waals surface area (Å²) < 4.78 is 10.3. The van der Waals surface area contributed by atoms with E-state index in [0.717, 1.165) is 16.9 Å². The van der Waals surface area contributed by atoms with Crippen LogP contribution in [0, 0.1) is 0 Å². The summed E-state index contributed by atoms with van der Waals surface area (Å²) in [6.07, 6.45) is 3.63. The van der Waals surface area contributed by atoms with E-state index in [4.69, 9.17) is 20.0 Å². The molecule has 2 N–H and O–H groups in total. The molecule has 3 rings (SSSR count). The van der Waals surface area contributed by atoms with Crippen molar-refractivity contribution in [3.05, 3.63) is 65.7 Å². The Balaban J connectivity index is 1.77. The number of pyridine rings is 1. The van der Waals surface area contributed by atoms with Crippen molar-refractivity contribution in [1.29, 1.82) is 0 Å². The molecule has 2 heterocycles. The summed E-state index contributed by atoms with van der Waals surface area (Å²) in [6, 6.07) is 11.5. The fourth-order valence-corrected chi connectivity index (χ4v) is 2.45. The Labute approximate surface area is 135 Å². The van der Waals surface area contributed by atoms with Gasteiger partial charge in [-0.1, -0.05) is 18.2 Å². The van der Waals surface area contributed by atoms with Crippen LogP contribution in [0.4, 0.5) is 0 Å². The molecule has 0 saturated heterocycles. The van der Waals surface area contributed by atoms with Gasteiger partial charge in [-0.25, -0.2) is 4.98 Å². The van der Waals surface area contributed by atoms with Gasteiger partial charge in [-0.15, -0.1) is 5.06 Å². The number of methoxy groups -OCH3 is 2. The number of hydrogen-bond acceptors (Lipinski definition) is 6. The molecule has 1 aliphatic rings. The largest absolute Gasteiger partial charge is 0.497 e. The van der Waals surface area contributed by atoms with Crippen molar-refractivity contribution in [3.63, 3.8) is 0 Å². The summed E-state index contributed by atoms with van der Waals surface area (Å²) >= 11 is 0. The van der Waals surface area contributed by atoms with Crippen LogP contribution in [0.15, 0.2) is 54.6 Å². The first-order chi connectivity index (χ1) is 11.2. The second kappa shape index (κ2) is 6.58. The molecule has 6 heteroatoms. The first-order valence-electron chi connectivity index (χ1n) is 7.24. The van der Waals surface area contributed by atoms with Gasteiger partial charge in [0, 0.05) is 18.3 Å². The summed E-state index contributed by atoms with van der Waals surface area (Å²) in [5, 5.41) is 1.82. The molecule has 120 valence electrons. The van der Waals surface area contributed by atoms with Crippen LogP contribution in [0.3, 0.4) is 0 Å². The molecule has 1 atom stereocenters. The van der Waals surface area contributed by atoms with Gasteiger partial charge in [0.1, 0.15) is 5.75 Å². The minimum Gasteiger partial charge on any atom is -0.497 e. The summed E-state index contributed by atoms with van der Waals surface area (Å²) in [6.45, 7) is 0.595. The molecule has 0 saturated carbocycles. The number of hydroxylamine groups is 2. The highest BCUT2D eigenvalue weighted by molar-refractivity contribution is 5.29. The SMILES string of the molecule is COc1ccc(CN2OC(N)=CC2c2ccc(OC)nc2)cc1. The summed E-state index contributed by atoms with van der Waals surface area (Å²) in [5.74, 6) is 1.79. The Morgan fingerprint density at radius 3 is 2.52 bits per heavy atom. The molecule has 1 aromatic carbocycles. The van der Waals surface area contributed by atoms with Crippen LogP contribution >= 0.6 is 0 Å². The van der Waals surface area contributed by atoms with Crippen LogP contribution in [0.5, 0.6) is 11.6 Å². The van der Waals surface area contributed by atoms with Crippen LogP contribution in [0.25, 0.3) is 0 Å². The van der Waals surface area contributed by atoms with Gasteiger partial charge < -0.3 is 20.0 Å². The van der Waals surface area contributed by atoms with Crippen LogP contribution in [0.2, 0.25) is 0 Å². The lowest BCUT2D eigenvalue weighted by Gasteiger charge is -2.22. The topological polar surface area (TPSA) is 69.8 Å². The van der Waals surface area contributed by atoms with Crippen LogP contribution < -0.4 is 15.2 Å². The molecule has 2 aromatic rings. The fourth-order valence-electron chi connectivity index (χ4n) is 2.45. The molecule has 0 aliphatic carbocycles. The first-order valence-corrected chi connectivity index (χ1v) is 7.24. The smallest absolute Gasteiger partial charge is 0.212 e. The van der Waals surface area contributed by atoms with Crippen LogP contribution in [-0.2, 0) is 11.4 Å². The lowest BCUT2D eigenvalue weighted by molar-refractivity contribution is -0.127. The van der Waals surface area contributed by atoms with E-state index in [-0.39, 0.29) is 6.04 Å². The Morgan fingerprint density at radius 2 is 1.91 bits per heavy atom. The van der Waals surface area contributed by atoms with Gasteiger partial charge in [0.05, 0.1) is 26.8 Å². The number of ether oxygens (including phenoxy) is 2. The van der Waals surface area contributed by atoms with Gasteiger partial charge in [0.25, 0.3) is 0 Å². The zero-order valence-corrected chi connectivity index (χ0v) is 13.1. The minimum atomic E-state index is -0.0875. The number of hydrogen-bond donors (Lipinski definition) is 1. The van der Waals surface area contributed by atoms with E-state index in [1.807, 2.05) is 47.5 Å². The maximum Gasteiger partial charge on any atom is 0.212 e. The Hall–Kier alpha value is -2.73. The highest BCUT2D eigenvalue weighted by Crippen LogP contribution is 2.31. The molecule has 6 nitrogen and oxygen atoms in total. The second-order valence-electron chi connectivity index (χ2n) is 5.16. The molecule has 0 spiro atoms. The van der Waals surface area contributed by atoms with E-state index in [2.05, 4.69) is 4.98 Å². The predicted octanol–water partition coefficient (Wildman–Crippen LogP) is 2.39. The van der Waals surface area contributed by atoms with Crippen LogP contribution in [0.1, 0.15) is 17.2 Å². The minimum absolute atomic E-state index is 0.0875. The molecular formula is C17H19N3O3. The maximum atomic E-state index is 5.84. The van der Waals surface area contributed by atoms with Gasteiger partial charge >= 0.3 is 0 Å². The summed E-state index contributed by atoms with van der Waals surface area (Å²) in [4.78, 5) is 9.87. The summed E-state index contributed by atoms with van der Waals surface area (Å²) in [5.41, 5.74) is 7.92. The zero-order chi connectivity index (χ0) is 16.2. The summed E-state index contributed by atoms with van der Waals surface area (Å²) in [7, 11) is 3.24. The monoisotopic (exact) mass is 313 g/mol. The van der Waals surface area contributed by atoms with Crippen molar-refractivity contribution >= 4 is 0 Å². The molecule has 1 aromatic heterocycles. The second-order valence-corrected chi connectivity index (χ2v) is 5.16. The van der Waals surface area contributed by atoms with Crippen molar-refractivity contribution in [3.8, 4) is 11.6 Å². The molecular weight excluding hydrogens is 294 g/mol. The third-order valence-corrected chi connectivity index (χ3v) is 3.66. The van der Waals surface area contributed by atoms with E-state index in [0.29, 0.717) is 18.3 Å². The van der Waals surface area contributed by atoms with Crippen molar-refractivity contribution < 1.29 is 14.3 Å². The Bertz CT molecular complexity index is 683. The third kappa shape index (κ3) is 3.37.